The molecular weight excluding hydrogens is 398 g/mol. The molecule has 3 aromatic rings. The van der Waals surface area contributed by atoms with Crippen LogP contribution in [0.4, 0.5) is 5.69 Å². The van der Waals surface area contributed by atoms with E-state index in [1.807, 2.05) is 48.5 Å². The highest BCUT2D eigenvalue weighted by atomic mass is 32.1. The third kappa shape index (κ3) is 5.65. The largest absolute Gasteiger partial charge is 0.453 e. The summed E-state index contributed by atoms with van der Waals surface area (Å²) in [5.74, 6) is -0.749. The fraction of sp³-hybridized carbons (Fsp3) is 0.304. The van der Waals surface area contributed by atoms with E-state index < -0.39 is 12.1 Å². The summed E-state index contributed by atoms with van der Waals surface area (Å²) in [5.41, 5.74) is 1.65. The van der Waals surface area contributed by atoms with Gasteiger partial charge in [-0.1, -0.05) is 30.3 Å². The van der Waals surface area contributed by atoms with Crippen molar-refractivity contribution in [3.8, 4) is 6.07 Å². The quantitative estimate of drug-likeness (QED) is 0.475. The van der Waals surface area contributed by atoms with Gasteiger partial charge in [-0.15, -0.1) is 11.3 Å². The average molecular weight is 422 g/mol. The van der Waals surface area contributed by atoms with Gasteiger partial charge in [0.2, 0.25) is 0 Å². The summed E-state index contributed by atoms with van der Waals surface area (Å²) >= 11 is 1.63. The maximum atomic E-state index is 12.8. The van der Waals surface area contributed by atoms with E-state index in [1.165, 1.54) is 4.90 Å². The molecule has 6 nitrogen and oxygen atoms in total. The molecule has 7 heteroatoms. The van der Waals surface area contributed by atoms with Crippen molar-refractivity contribution in [2.24, 2.45) is 0 Å². The second-order valence-electron chi connectivity index (χ2n) is 6.79. The number of nitrogens with zero attached hydrogens (tertiary/aromatic N) is 3. The zero-order chi connectivity index (χ0) is 21.3. The van der Waals surface area contributed by atoms with Gasteiger partial charge in [-0.2, -0.15) is 5.26 Å². The Balaban J connectivity index is 1.51. The summed E-state index contributed by atoms with van der Waals surface area (Å²) in [6.45, 7) is 1.81. The Morgan fingerprint density at radius 2 is 1.90 bits per heavy atom. The molecule has 0 fully saturated rings. The van der Waals surface area contributed by atoms with Crippen molar-refractivity contribution in [2.75, 3.05) is 11.4 Å². The molecule has 0 aliphatic rings. The number of amides is 1. The minimum absolute atomic E-state index is 0.198. The number of anilines is 1. The highest BCUT2D eigenvalue weighted by Crippen LogP contribution is 2.23. The van der Waals surface area contributed by atoms with Gasteiger partial charge in [0.1, 0.15) is 0 Å². The van der Waals surface area contributed by atoms with Crippen molar-refractivity contribution in [1.29, 1.82) is 5.26 Å². The van der Waals surface area contributed by atoms with E-state index in [0.29, 0.717) is 18.5 Å². The lowest BCUT2D eigenvalue weighted by Crippen LogP contribution is -2.40. The van der Waals surface area contributed by atoms with Gasteiger partial charge in [-0.25, -0.2) is 4.98 Å². The van der Waals surface area contributed by atoms with E-state index in [0.717, 1.165) is 15.2 Å². The summed E-state index contributed by atoms with van der Waals surface area (Å²) in [5, 5.41) is 9.87. The number of thiazole rings is 1. The number of hydrogen-bond donors (Lipinski definition) is 0. The minimum atomic E-state index is -0.918. The second-order valence-corrected chi connectivity index (χ2v) is 7.91. The second kappa shape index (κ2) is 10.5. The number of aromatic nitrogens is 1. The third-order valence-corrected chi connectivity index (χ3v) is 5.64. The van der Waals surface area contributed by atoms with Crippen LogP contribution in [0.2, 0.25) is 0 Å². The smallest absolute Gasteiger partial charge is 0.306 e. The summed E-state index contributed by atoms with van der Waals surface area (Å²) in [6.07, 6.45) is 0.797. The molecule has 3 rings (SSSR count). The van der Waals surface area contributed by atoms with Crippen molar-refractivity contribution in [1.82, 2.24) is 4.98 Å². The Labute approximate surface area is 179 Å². The predicted molar refractivity (Wildman–Crippen MR) is 117 cm³/mol. The number of aryl methyl sites for hydroxylation is 1. The fourth-order valence-corrected chi connectivity index (χ4v) is 4.08. The van der Waals surface area contributed by atoms with Crippen LogP contribution in [0.15, 0.2) is 54.6 Å². The van der Waals surface area contributed by atoms with Crippen LogP contribution in [0, 0.1) is 11.3 Å². The fourth-order valence-electron chi connectivity index (χ4n) is 3.07. The zero-order valence-corrected chi connectivity index (χ0v) is 17.6. The van der Waals surface area contributed by atoms with E-state index in [1.54, 1.807) is 30.4 Å². The van der Waals surface area contributed by atoms with Gasteiger partial charge in [-0.3, -0.25) is 9.59 Å². The number of ether oxygens (including phenoxy) is 1. The van der Waals surface area contributed by atoms with Crippen LogP contribution in [-0.2, 0) is 20.7 Å². The van der Waals surface area contributed by atoms with Gasteiger partial charge in [0.05, 0.1) is 27.7 Å². The Morgan fingerprint density at radius 3 is 2.63 bits per heavy atom. The molecule has 0 saturated heterocycles. The summed E-state index contributed by atoms with van der Waals surface area (Å²) < 4.78 is 6.49. The van der Waals surface area contributed by atoms with Crippen molar-refractivity contribution >= 4 is 39.1 Å². The monoisotopic (exact) mass is 421 g/mol. The number of rotatable bonds is 9. The summed E-state index contributed by atoms with van der Waals surface area (Å²) in [7, 11) is 0. The predicted octanol–water partition coefficient (Wildman–Crippen LogP) is 4.50. The first kappa shape index (κ1) is 21.5. The van der Waals surface area contributed by atoms with Crippen molar-refractivity contribution in [3.63, 3.8) is 0 Å². The lowest BCUT2D eigenvalue weighted by atomic mass is 10.2. The molecule has 0 N–H and O–H groups in total. The zero-order valence-electron chi connectivity index (χ0n) is 16.8. The molecule has 1 heterocycles. The van der Waals surface area contributed by atoms with E-state index >= 15 is 0 Å². The average Bonchev–Trinajstić information content (AvgIpc) is 3.17. The molecule has 154 valence electrons. The molecule has 0 aliphatic carbocycles. The Hall–Kier alpha value is -3.24. The number of hydrogen-bond acceptors (Lipinski definition) is 6. The molecule has 0 bridgehead atoms. The first-order valence-corrected chi connectivity index (χ1v) is 10.7. The van der Waals surface area contributed by atoms with Crippen molar-refractivity contribution in [3.05, 3.63) is 59.6 Å². The van der Waals surface area contributed by atoms with Crippen LogP contribution >= 0.6 is 11.3 Å². The standard InChI is InChI=1S/C23H23N3O3S/c1-17(23(28)26(16-8-15-24)18-9-3-2-4-10-18)29-22(27)14-7-13-21-25-19-11-5-6-12-20(19)30-21/h2-6,9-12,17H,7-8,13-14,16H2,1H3. The number of fused-ring (bicyclic) bond motifs is 1. The van der Waals surface area contributed by atoms with Crippen molar-refractivity contribution < 1.29 is 14.3 Å². The maximum absolute atomic E-state index is 12.8. The van der Waals surface area contributed by atoms with Gasteiger partial charge >= 0.3 is 5.97 Å². The highest BCUT2D eigenvalue weighted by molar-refractivity contribution is 7.18. The Bertz CT molecular complexity index is 1010. The number of carbonyl (C=O) groups is 2. The van der Waals surface area contributed by atoms with Gasteiger partial charge in [0, 0.05) is 18.7 Å². The molecule has 1 unspecified atom stereocenters. The first-order valence-electron chi connectivity index (χ1n) is 9.86. The van der Waals surface area contributed by atoms with Crippen LogP contribution in [0.25, 0.3) is 10.2 Å². The molecule has 0 radical (unpaired) electrons. The SMILES string of the molecule is CC(OC(=O)CCCc1nc2ccccc2s1)C(=O)N(CCC#N)c1ccccc1. The van der Waals surface area contributed by atoms with Gasteiger partial charge in [-0.05, 0) is 44.0 Å². The van der Waals surface area contributed by atoms with Crippen LogP contribution in [0.5, 0.6) is 0 Å². The normalized spacial score (nSPS) is 11.6. The summed E-state index contributed by atoms with van der Waals surface area (Å²) in [6, 6.07) is 19.1. The molecule has 2 aromatic carbocycles. The number of benzene rings is 2. The van der Waals surface area contributed by atoms with Crippen LogP contribution < -0.4 is 4.90 Å². The number of nitriles is 1. The van der Waals surface area contributed by atoms with Crippen LogP contribution in [0.3, 0.4) is 0 Å². The number of carbonyl (C=O) groups excluding carboxylic acids is 2. The molecule has 30 heavy (non-hydrogen) atoms. The van der Waals surface area contributed by atoms with E-state index in [9.17, 15) is 9.59 Å². The van der Waals surface area contributed by atoms with E-state index in [4.69, 9.17) is 10.00 Å². The van der Waals surface area contributed by atoms with E-state index in [2.05, 4.69) is 4.98 Å². The van der Waals surface area contributed by atoms with E-state index in [-0.39, 0.29) is 25.3 Å². The number of para-hydroxylation sites is 2. The Morgan fingerprint density at radius 1 is 1.17 bits per heavy atom. The molecular formula is C23H23N3O3S. The lowest BCUT2D eigenvalue weighted by molar-refractivity contribution is -0.154. The van der Waals surface area contributed by atoms with Gasteiger partial charge in [0.15, 0.2) is 6.10 Å². The van der Waals surface area contributed by atoms with Crippen LogP contribution in [-0.4, -0.2) is 29.5 Å². The highest BCUT2D eigenvalue weighted by Gasteiger charge is 2.24. The molecule has 1 aromatic heterocycles. The first-order chi connectivity index (χ1) is 14.6. The molecule has 1 atom stereocenters. The Kier molecular flexibility index (Phi) is 7.52. The maximum Gasteiger partial charge on any atom is 0.306 e. The number of esters is 1. The van der Waals surface area contributed by atoms with Crippen LogP contribution in [0.1, 0.15) is 31.2 Å². The van der Waals surface area contributed by atoms with Gasteiger partial charge < -0.3 is 9.64 Å². The molecule has 0 saturated carbocycles. The van der Waals surface area contributed by atoms with Crippen molar-refractivity contribution in [2.45, 2.75) is 38.7 Å². The topological polar surface area (TPSA) is 83.3 Å². The minimum Gasteiger partial charge on any atom is -0.453 e. The summed E-state index contributed by atoms with van der Waals surface area (Å²) in [4.78, 5) is 31.1. The van der Waals surface area contributed by atoms with Gasteiger partial charge in [0.25, 0.3) is 5.91 Å². The lowest BCUT2D eigenvalue weighted by Gasteiger charge is -2.25. The third-order valence-electron chi connectivity index (χ3n) is 4.55. The molecule has 0 spiro atoms. The molecule has 1 amide bonds. The molecule has 0 aliphatic heterocycles.